The van der Waals surface area contributed by atoms with Gasteiger partial charge in [-0.15, -0.1) is 0 Å². The topological polar surface area (TPSA) is 46.5 Å². The minimum Gasteiger partial charge on any atom is -0.388 e. The summed E-state index contributed by atoms with van der Waals surface area (Å²) < 4.78 is 6.09. The van der Waals surface area contributed by atoms with Crippen LogP contribution in [0.15, 0.2) is 24.3 Å². The fraction of sp³-hybridized carbons (Fsp3) is 0.762. The standard InChI is InChI=1S/C21H30O3/c1-6-20-11-24-10-19(4,5)16(20)13(3)18(23)21-8-7-14(9-15(20)21)12(2)17(21)22/h14-17,22H,2-3,6-11H2,1,4-5H3/t14-,15?,16?,17-,20+,21-/m0/s1. The number of ketones is 1. The van der Waals surface area contributed by atoms with Crippen LogP contribution in [0.4, 0.5) is 0 Å². The molecular formula is C21H30O3. The van der Waals surface area contributed by atoms with Gasteiger partial charge >= 0.3 is 0 Å². The average Bonchev–Trinajstić information content (AvgIpc) is 2.55. The number of hydrogen-bond acceptors (Lipinski definition) is 3. The maximum absolute atomic E-state index is 13.6. The Morgan fingerprint density at radius 1 is 1.29 bits per heavy atom. The number of allylic oxidation sites excluding steroid dienone is 1. The smallest absolute Gasteiger partial charge is 0.167 e. The summed E-state index contributed by atoms with van der Waals surface area (Å²) >= 11 is 0. The van der Waals surface area contributed by atoms with E-state index in [1.807, 2.05) is 0 Å². The van der Waals surface area contributed by atoms with Crippen LogP contribution in [0.25, 0.3) is 0 Å². The maximum Gasteiger partial charge on any atom is 0.167 e. The fourth-order valence-corrected chi connectivity index (χ4v) is 7.11. The van der Waals surface area contributed by atoms with Gasteiger partial charge in [-0.3, -0.25) is 4.79 Å². The van der Waals surface area contributed by atoms with Gasteiger partial charge in [0.05, 0.1) is 24.7 Å². The lowest BCUT2D eigenvalue weighted by Crippen LogP contribution is -2.70. The van der Waals surface area contributed by atoms with Crippen molar-refractivity contribution in [2.75, 3.05) is 13.2 Å². The molecule has 0 amide bonds. The van der Waals surface area contributed by atoms with Crippen molar-refractivity contribution in [2.24, 2.45) is 34.0 Å². The molecule has 5 aliphatic rings. The molecule has 1 saturated heterocycles. The normalized spacial score (nSPS) is 49.8. The largest absolute Gasteiger partial charge is 0.388 e. The van der Waals surface area contributed by atoms with Gasteiger partial charge in [-0.05, 0) is 54.1 Å². The molecule has 1 spiro atoms. The number of fused-ring (bicyclic) bond motifs is 3. The summed E-state index contributed by atoms with van der Waals surface area (Å²) in [6.45, 7) is 16.4. The molecule has 2 bridgehead atoms. The highest BCUT2D eigenvalue weighted by Gasteiger charge is 2.71. The molecule has 5 rings (SSSR count). The van der Waals surface area contributed by atoms with Crippen molar-refractivity contribution in [2.45, 2.75) is 52.6 Å². The van der Waals surface area contributed by atoms with Gasteiger partial charge in [-0.1, -0.05) is 33.9 Å². The van der Waals surface area contributed by atoms with E-state index in [1.165, 1.54) is 0 Å². The zero-order valence-corrected chi connectivity index (χ0v) is 15.2. The summed E-state index contributed by atoms with van der Waals surface area (Å²) in [6.07, 6.45) is 2.97. The lowest BCUT2D eigenvalue weighted by molar-refractivity contribution is -0.220. The number of hydrogen-bond donors (Lipinski definition) is 1. The number of carbonyl (C=O) groups excluding carboxylic acids is 1. The molecular weight excluding hydrogens is 300 g/mol. The summed E-state index contributed by atoms with van der Waals surface area (Å²) in [5, 5.41) is 11.1. The first-order chi connectivity index (χ1) is 11.2. The lowest BCUT2D eigenvalue weighted by atomic mass is 9.36. The number of rotatable bonds is 1. The van der Waals surface area contributed by atoms with Gasteiger partial charge in [0.25, 0.3) is 0 Å². The number of aliphatic hydroxyl groups excluding tert-OH is 1. The van der Waals surface area contributed by atoms with Gasteiger partial charge in [-0.25, -0.2) is 0 Å². The maximum atomic E-state index is 13.6. The van der Waals surface area contributed by atoms with E-state index in [2.05, 4.69) is 33.9 Å². The molecule has 24 heavy (non-hydrogen) atoms. The van der Waals surface area contributed by atoms with Crippen molar-refractivity contribution in [3.05, 3.63) is 24.3 Å². The van der Waals surface area contributed by atoms with Gasteiger partial charge in [0.15, 0.2) is 5.78 Å². The molecule has 1 N–H and O–H groups in total. The van der Waals surface area contributed by atoms with Crippen LogP contribution in [0, 0.1) is 34.0 Å². The van der Waals surface area contributed by atoms with Crippen LogP contribution in [0.1, 0.15) is 46.5 Å². The molecule has 3 nitrogen and oxygen atoms in total. The number of ether oxygens (including phenoxy) is 1. The van der Waals surface area contributed by atoms with Crippen molar-refractivity contribution in [3.63, 3.8) is 0 Å². The van der Waals surface area contributed by atoms with E-state index in [9.17, 15) is 9.90 Å². The molecule has 132 valence electrons. The molecule has 6 atom stereocenters. The molecule has 0 aromatic rings. The van der Waals surface area contributed by atoms with Crippen molar-refractivity contribution >= 4 is 5.78 Å². The van der Waals surface area contributed by atoms with Crippen LogP contribution >= 0.6 is 0 Å². The number of Topliss-reactive ketones (excluding diaryl/α,β-unsaturated/α-hetero) is 1. The Hall–Kier alpha value is -0.930. The van der Waals surface area contributed by atoms with Gasteiger partial charge in [0.1, 0.15) is 0 Å². The lowest BCUT2D eigenvalue weighted by Gasteiger charge is -2.68. The zero-order valence-electron chi connectivity index (χ0n) is 15.2. The highest BCUT2D eigenvalue weighted by Crippen LogP contribution is 2.70. The molecule has 2 unspecified atom stereocenters. The van der Waals surface area contributed by atoms with Gasteiger partial charge < -0.3 is 9.84 Å². The minimum atomic E-state index is -0.714. The van der Waals surface area contributed by atoms with E-state index in [1.54, 1.807) is 0 Å². The van der Waals surface area contributed by atoms with Crippen molar-refractivity contribution in [1.82, 2.24) is 0 Å². The minimum absolute atomic E-state index is 0.0902. The van der Waals surface area contributed by atoms with Crippen LogP contribution in [0.5, 0.6) is 0 Å². The fourth-order valence-electron chi connectivity index (χ4n) is 7.11. The van der Waals surface area contributed by atoms with Crippen molar-refractivity contribution in [1.29, 1.82) is 0 Å². The van der Waals surface area contributed by atoms with Gasteiger partial charge in [-0.2, -0.15) is 0 Å². The Morgan fingerprint density at radius 3 is 2.67 bits per heavy atom. The molecule has 1 heterocycles. The molecule has 0 radical (unpaired) electrons. The van der Waals surface area contributed by atoms with Gasteiger partial charge in [0, 0.05) is 11.3 Å². The highest BCUT2D eigenvalue weighted by molar-refractivity contribution is 6.02. The summed E-state index contributed by atoms with van der Waals surface area (Å²) in [4.78, 5) is 13.6. The summed E-state index contributed by atoms with van der Waals surface area (Å²) in [5.41, 5.74) is 0.716. The van der Waals surface area contributed by atoms with Crippen LogP contribution in [-0.4, -0.2) is 30.2 Å². The Labute approximate surface area is 145 Å². The first-order valence-electron chi connectivity index (χ1n) is 9.40. The Bertz CT molecular complexity index is 633. The molecule has 0 aromatic heterocycles. The van der Waals surface area contributed by atoms with Crippen molar-refractivity contribution in [3.8, 4) is 0 Å². The Morgan fingerprint density at radius 2 is 2.00 bits per heavy atom. The average molecular weight is 330 g/mol. The molecule has 5 fully saturated rings. The Balaban J connectivity index is 1.93. The Kier molecular flexibility index (Phi) is 3.32. The van der Waals surface area contributed by atoms with Crippen molar-refractivity contribution < 1.29 is 14.6 Å². The SMILES string of the molecule is C=C1C(=O)[C@@]23CC[C@@H](CC2[C@@]2(CC)COCC(C)(C)C12)C(=C)[C@@H]3O. The first-order valence-corrected chi connectivity index (χ1v) is 9.40. The monoisotopic (exact) mass is 330 g/mol. The molecule has 1 aliphatic heterocycles. The van der Waals surface area contributed by atoms with Crippen LogP contribution < -0.4 is 0 Å². The third kappa shape index (κ3) is 1.63. The van der Waals surface area contributed by atoms with E-state index in [0.29, 0.717) is 19.1 Å². The zero-order chi connectivity index (χ0) is 17.5. The van der Waals surface area contributed by atoms with E-state index in [0.717, 1.165) is 36.8 Å². The number of carbonyl (C=O) groups is 1. The van der Waals surface area contributed by atoms with Crippen LogP contribution in [-0.2, 0) is 9.53 Å². The van der Waals surface area contributed by atoms with Crippen LogP contribution in [0.2, 0.25) is 0 Å². The summed E-state index contributed by atoms with van der Waals surface area (Å²) in [5.74, 6) is 0.784. The predicted octanol–water partition coefficient (Wildman–Crippen LogP) is 3.53. The first kappa shape index (κ1) is 16.5. The second kappa shape index (κ2) is 4.82. The highest BCUT2D eigenvalue weighted by atomic mass is 16.5. The van der Waals surface area contributed by atoms with Crippen LogP contribution in [0.3, 0.4) is 0 Å². The van der Waals surface area contributed by atoms with Gasteiger partial charge in [0.2, 0.25) is 0 Å². The third-order valence-corrected chi connectivity index (χ3v) is 8.03. The second-order valence-electron chi connectivity index (χ2n) is 9.40. The molecule has 3 heteroatoms. The third-order valence-electron chi connectivity index (χ3n) is 8.03. The van der Waals surface area contributed by atoms with E-state index >= 15 is 0 Å². The summed E-state index contributed by atoms with van der Waals surface area (Å²) in [6, 6.07) is 0. The van der Waals surface area contributed by atoms with E-state index in [4.69, 9.17) is 4.74 Å². The quantitative estimate of drug-likeness (QED) is 0.591. The number of aliphatic hydroxyl groups is 1. The molecule has 0 aromatic carbocycles. The molecule has 4 saturated carbocycles. The second-order valence-corrected chi connectivity index (χ2v) is 9.40. The molecule has 4 aliphatic carbocycles. The van der Waals surface area contributed by atoms with E-state index in [-0.39, 0.29) is 28.4 Å². The summed E-state index contributed by atoms with van der Waals surface area (Å²) in [7, 11) is 0. The predicted molar refractivity (Wildman–Crippen MR) is 93.4 cm³/mol. The van der Waals surface area contributed by atoms with E-state index < -0.39 is 11.5 Å².